The summed E-state index contributed by atoms with van der Waals surface area (Å²) >= 11 is 0. The Kier molecular flexibility index (Phi) is 5.53. The number of pyridine rings is 1. The first kappa shape index (κ1) is 18.4. The van der Waals surface area contributed by atoms with E-state index in [1.807, 2.05) is 24.3 Å². The van der Waals surface area contributed by atoms with E-state index in [2.05, 4.69) is 9.97 Å². The Balaban J connectivity index is 1.37. The number of likely N-dealkylation sites (N-methyl/N-ethyl adjacent to an activating group) is 1. The molecular weight excluding hydrogens is 358 g/mol. The van der Waals surface area contributed by atoms with E-state index in [0.717, 1.165) is 42.4 Å². The third kappa shape index (κ3) is 4.14. The number of benzene rings is 1. The van der Waals surface area contributed by atoms with Crippen molar-refractivity contribution in [3.05, 3.63) is 54.5 Å². The van der Waals surface area contributed by atoms with Crippen LogP contribution in [0, 0.1) is 0 Å². The van der Waals surface area contributed by atoms with Crippen molar-refractivity contribution in [1.29, 1.82) is 0 Å². The molecule has 28 heavy (non-hydrogen) atoms. The maximum absolute atomic E-state index is 12.6. The molecule has 1 fully saturated rings. The average Bonchev–Trinajstić information content (AvgIpc) is 3.21. The van der Waals surface area contributed by atoms with Crippen LogP contribution in [0.3, 0.4) is 0 Å². The molecule has 0 bridgehead atoms. The Morgan fingerprint density at radius 2 is 2.25 bits per heavy atom. The summed E-state index contributed by atoms with van der Waals surface area (Å²) in [5.74, 6) is 0.898. The van der Waals surface area contributed by atoms with Crippen LogP contribution in [0.2, 0.25) is 0 Å². The predicted molar refractivity (Wildman–Crippen MR) is 103 cm³/mol. The standard InChI is InChI=1S/C21H23N3O4/c1-24(12-16-6-2-3-10-26-16)21(25)18-13-28-20(23-18)14-27-19-7-4-5-15-11-22-9-8-17(15)19/h4-5,7-9,11,13,16H,2-3,6,10,12,14H2,1H3/t16-/m0/s1. The molecule has 0 N–H and O–H groups in total. The smallest absolute Gasteiger partial charge is 0.275 e. The SMILES string of the molecule is CN(C[C@@H]1CCCCO1)C(=O)c1coc(COc2cccc3cnccc23)n1. The zero-order chi connectivity index (χ0) is 19.3. The Bertz CT molecular complexity index is 944. The molecule has 2 aromatic heterocycles. The summed E-state index contributed by atoms with van der Waals surface area (Å²) in [7, 11) is 1.76. The van der Waals surface area contributed by atoms with Gasteiger partial charge in [0.15, 0.2) is 12.3 Å². The second-order valence-electron chi connectivity index (χ2n) is 6.94. The van der Waals surface area contributed by atoms with Gasteiger partial charge in [-0.05, 0) is 31.4 Å². The van der Waals surface area contributed by atoms with Gasteiger partial charge in [0.05, 0.1) is 6.10 Å². The predicted octanol–water partition coefficient (Wildman–Crippen LogP) is 3.44. The van der Waals surface area contributed by atoms with Gasteiger partial charge in [0.1, 0.15) is 12.0 Å². The third-order valence-corrected chi connectivity index (χ3v) is 4.86. The fourth-order valence-corrected chi connectivity index (χ4v) is 3.37. The maximum Gasteiger partial charge on any atom is 0.275 e. The number of ether oxygens (including phenoxy) is 2. The van der Waals surface area contributed by atoms with E-state index in [-0.39, 0.29) is 24.3 Å². The van der Waals surface area contributed by atoms with Crippen LogP contribution in [-0.4, -0.2) is 47.1 Å². The topological polar surface area (TPSA) is 77.7 Å². The monoisotopic (exact) mass is 381 g/mol. The van der Waals surface area contributed by atoms with E-state index in [1.54, 1.807) is 24.3 Å². The highest BCUT2D eigenvalue weighted by atomic mass is 16.5. The van der Waals surface area contributed by atoms with Gasteiger partial charge >= 0.3 is 0 Å². The van der Waals surface area contributed by atoms with Crippen LogP contribution >= 0.6 is 0 Å². The molecule has 1 aliphatic rings. The van der Waals surface area contributed by atoms with Gasteiger partial charge in [-0.2, -0.15) is 0 Å². The van der Waals surface area contributed by atoms with Gasteiger partial charge in [-0.25, -0.2) is 4.98 Å². The minimum Gasteiger partial charge on any atom is -0.483 e. The Morgan fingerprint density at radius 1 is 1.32 bits per heavy atom. The summed E-state index contributed by atoms with van der Waals surface area (Å²) in [4.78, 5) is 22.6. The van der Waals surface area contributed by atoms with Crippen LogP contribution in [0.5, 0.6) is 5.75 Å². The van der Waals surface area contributed by atoms with Crippen molar-refractivity contribution >= 4 is 16.7 Å². The van der Waals surface area contributed by atoms with Crippen molar-refractivity contribution in [2.24, 2.45) is 0 Å². The minimum absolute atomic E-state index is 0.0956. The van der Waals surface area contributed by atoms with Gasteiger partial charge in [-0.1, -0.05) is 12.1 Å². The maximum atomic E-state index is 12.6. The highest BCUT2D eigenvalue weighted by Crippen LogP contribution is 2.25. The van der Waals surface area contributed by atoms with Gasteiger partial charge in [-0.3, -0.25) is 9.78 Å². The molecule has 3 heterocycles. The summed E-state index contributed by atoms with van der Waals surface area (Å²) in [6.07, 6.45) is 8.20. The number of nitrogens with zero attached hydrogens (tertiary/aromatic N) is 3. The van der Waals surface area contributed by atoms with E-state index < -0.39 is 0 Å². The van der Waals surface area contributed by atoms with Crippen LogP contribution in [0.4, 0.5) is 0 Å². The first-order chi connectivity index (χ1) is 13.7. The molecule has 0 spiro atoms. The molecule has 0 radical (unpaired) electrons. The van der Waals surface area contributed by atoms with Gasteiger partial charge in [0, 0.05) is 43.4 Å². The van der Waals surface area contributed by atoms with E-state index in [0.29, 0.717) is 12.4 Å². The van der Waals surface area contributed by atoms with Crippen molar-refractivity contribution in [1.82, 2.24) is 14.9 Å². The molecule has 0 unspecified atom stereocenters. The average molecular weight is 381 g/mol. The number of hydrogen-bond acceptors (Lipinski definition) is 6. The first-order valence-corrected chi connectivity index (χ1v) is 9.48. The van der Waals surface area contributed by atoms with Crippen LogP contribution in [-0.2, 0) is 11.3 Å². The van der Waals surface area contributed by atoms with Crippen molar-refractivity contribution in [2.75, 3.05) is 20.2 Å². The zero-order valence-corrected chi connectivity index (χ0v) is 15.8. The second kappa shape index (κ2) is 8.39. The summed E-state index contributed by atoms with van der Waals surface area (Å²) in [6, 6.07) is 7.67. The highest BCUT2D eigenvalue weighted by Gasteiger charge is 2.22. The zero-order valence-electron chi connectivity index (χ0n) is 15.8. The van der Waals surface area contributed by atoms with Crippen molar-refractivity contribution in [2.45, 2.75) is 32.0 Å². The van der Waals surface area contributed by atoms with Gasteiger partial charge < -0.3 is 18.8 Å². The lowest BCUT2D eigenvalue weighted by molar-refractivity contribution is -0.000293. The van der Waals surface area contributed by atoms with E-state index in [4.69, 9.17) is 13.9 Å². The quantitative estimate of drug-likeness (QED) is 0.651. The lowest BCUT2D eigenvalue weighted by Crippen LogP contribution is -2.37. The van der Waals surface area contributed by atoms with Crippen LogP contribution in [0.15, 0.2) is 47.3 Å². The van der Waals surface area contributed by atoms with Crippen molar-refractivity contribution < 1.29 is 18.7 Å². The van der Waals surface area contributed by atoms with Crippen LogP contribution in [0.1, 0.15) is 35.6 Å². The second-order valence-corrected chi connectivity index (χ2v) is 6.94. The Morgan fingerprint density at radius 3 is 3.11 bits per heavy atom. The molecule has 0 saturated carbocycles. The van der Waals surface area contributed by atoms with E-state index >= 15 is 0 Å². The molecule has 1 aliphatic heterocycles. The first-order valence-electron chi connectivity index (χ1n) is 9.48. The van der Waals surface area contributed by atoms with Gasteiger partial charge in [0.2, 0.25) is 5.89 Å². The number of aromatic nitrogens is 2. The molecule has 3 aromatic rings. The third-order valence-electron chi connectivity index (χ3n) is 4.86. The van der Waals surface area contributed by atoms with Crippen molar-refractivity contribution in [3.8, 4) is 5.75 Å². The van der Waals surface area contributed by atoms with Crippen LogP contribution < -0.4 is 4.74 Å². The normalized spacial score (nSPS) is 16.8. The number of fused-ring (bicyclic) bond motifs is 1. The Hall–Kier alpha value is -2.93. The number of carbonyl (C=O) groups is 1. The van der Waals surface area contributed by atoms with E-state index in [1.165, 1.54) is 6.26 Å². The van der Waals surface area contributed by atoms with Crippen molar-refractivity contribution in [3.63, 3.8) is 0 Å². The van der Waals surface area contributed by atoms with Crippen LogP contribution in [0.25, 0.3) is 10.8 Å². The molecule has 1 atom stereocenters. The fourth-order valence-electron chi connectivity index (χ4n) is 3.37. The summed E-state index contributed by atoms with van der Waals surface area (Å²) < 4.78 is 17.0. The van der Waals surface area contributed by atoms with E-state index in [9.17, 15) is 4.79 Å². The number of hydrogen-bond donors (Lipinski definition) is 0. The molecule has 7 heteroatoms. The minimum atomic E-state index is -0.180. The Labute approximate surface area is 163 Å². The lowest BCUT2D eigenvalue weighted by atomic mass is 10.1. The molecule has 1 amide bonds. The summed E-state index contributed by atoms with van der Waals surface area (Å²) in [6.45, 7) is 1.47. The molecule has 4 rings (SSSR count). The molecular formula is C21H23N3O4. The fraction of sp³-hybridized carbons (Fsp3) is 0.381. The molecule has 0 aliphatic carbocycles. The van der Waals surface area contributed by atoms with Gasteiger partial charge in [0.25, 0.3) is 5.91 Å². The number of carbonyl (C=O) groups excluding carboxylic acids is 1. The number of oxazole rings is 1. The number of amides is 1. The molecule has 146 valence electrons. The summed E-state index contributed by atoms with van der Waals surface area (Å²) in [5.41, 5.74) is 0.277. The molecule has 1 saturated heterocycles. The lowest BCUT2D eigenvalue weighted by Gasteiger charge is -2.26. The number of rotatable bonds is 6. The molecule has 1 aromatic carbocycles. The largest absolute Gasteiger partial charge is 0.483 e. The molecule has 7 nitrogen and oxygen atoms in total. The highest BCUT2D eigenvalue weighted by molar-refractivity contribution is 5.91. The summed E-state index contributed by atoms with van der Waals surface area (Å²) in [5, 5.41) is 1.96. The van der Waals surface area contributed by atoms with Gasteiger partial charge in [-0.15, -0.1) is 0 Å².